The number of nitrogens with zero attached hydrogens (tertiary/aromatic N) is 1. The topological polar surface area (TPSA) is 91.4 Å². The van der Waals surface area contributed by atoms with E-state index in [-0.39, 0.29) is 17.3 Å². The summed E-state index contributed by atoms with van der Waals surface area (Å²) in [5, 5.41) is 10.8. The lowest BCUT2D eigenvalue weighted by atomic mass is 9.84. The molecule has 2 bridgehead atoms. The first-order chi connectivity index (χ1) is 11.7. The van der Waals surface area contributed by atoms with Crippen LogP contribution >= 0.6 is 0 Å². The number of benzene rings is 1. The lowest BCUT2D eigenvalue weighted by Gasteiger charge is -2.44. The summed E-state index contributed by atoms with van der Waals surface area (Å²) in [6.07, 6.45) is -2.91. The number of carbonyl (C=O) groups is 1. The Morgan fingerprint density at radius 3 is 2.56 bits per heavy atom. The van der Waals surface area contributed by atoms with Crippen molar-refractivity contribution in [2.45, 2.75) is 25.2 Å². The number of para-hydroxylation sites is 1. The number of carbonyl (C=O) groups excluding carboxylic acids is 1. The summed E-state index contributed by atoms with van der Waals surface area (Å²) in [6.45, 7) is 2.76. The van der Waals surface area contributed by atoms with Gasteiger partial charge in [-0.25, -0.2) is 0 Å². The highest BCUT2D eigenvalue weighted by molar-refractivity contribution is 6.45. The van der Waals surface area contributed by atoms with Gasteiger partial charge in [0.1, 0.15) is 5.71 Å². The molecule has 136 valence electrons. The summed E-state index contributed by atoms with van der Waals surface area (Å²) in [4.78, 5) is 14.6. The van der Waals surface area contributed by atoms with Crippen LogP contribution in [0.15, 0.2) is 18.2 Å². The maximum Gasteiger partial charge on any atom is 0.573 e. The molecule has 3 heterocycles. The lowest BCUT2D eigenvalue weighted by Crippen LogP contribution is -2.58. The van der Waals surface area contributed by atoms with Gasteiger partial charge in [0.2, 0.25) is 0 Å². The van der Waals surface area contributed by atoms with Gasteiger partial charge in [-0.05, 0) is 37.9 Å². The molecular weight excluding hydrogens is 337 g/mol. The molecule has 3 aliphatic heterocycles. The predicted molar refractivity (Wildman–Crippen MR) is 85.5 cm³/mol. The zero-order valence-corrected chi connectivity index (χ0v) is 13.4. The second-order valence-electron chi connectivity index (χ2n) is 6.36. The minimum Gasteiger partial charge on any atom is -0.404 e. The molecule has 0 aromatic heterocycles. The van der Waals surface area contributed by atoms with Gasteiger partial charge in [0.05, 0.1) is 5.69 Å². The van der Waals surface area contributed by atoms with Crippen LogP contribution in [0.4, 0.5) is 18.9 Å². The standard InChI is InChI=1S/C16H19F3N4O2/c17-16(18,19)25-12-3-1-2-10(13(12)20)14(21)15(24)22-11-8-23-6-4-9(11)5-7-23/h1-3,9,11,21H,4-8,20H2,(H,22,24)/t11-/m0/s1. The van der Waals surface area contributed by atoms with E-state index in [1.807, 2.05) is 0 Å². The van der Waals surface area contributed by atoms with Crippen LogP contribution in [0.25, 0.3) is 0 Å². The summed E-state index contributed by atoms with van der Waals surface area (Å²) < 4.78 is 41.0. The fourth-order valence-corrected chi connectivity index (χ4v) is 3.47. The average Bonchev–Trinajstić information content (AvgIpc) is 2.56. The Balaban J connectivity index is 1.72. The van der Waals surface area contributed by atoms with E-state index in [2.05, 4.69) is 15.0 Å². The number of nitrogen functional groups attached to an aromatic ring is 1. The summed E-state index contributed by atoms with van der Waals surface area (Å²) in [7, 11) is 0. The molecule has 1 aromatic carbocycles. The van der Waals surface area contributed by atoms with E-state index in [0.29, 0.717) is 5.92 Å². The van der Waals surface area contributed by atoms with Gasteiger partial charge >= 0.3 is 6.36 Å². The van der Waals surface area contributed by atoms with Crippen molar-refractivity contribution in [1.29, 1.82) is 5.41 Å². The van der Waals surface area contributed by atoms with Gasteiger partial charge in [0.15, 0.2) is 5.75 Å². The fraction of sp³-hybridized carbons (Fsp3) is 0.500. The van der Waals surface area contributed by atoms with Gasteiger partial charge in [-0.3, -0.25) is 10.2 Å². The molecule has 1 amide bonds. The number of amides is 1. The molecule has 4 rings (SSSR count). The van der Waals surface area contributed by atoms with Gasteiger partial charge in [0, 0.05) is 18.2 Å². The van der Waals surface area contributed by atoms with Crippen molar-refractivity contribution >= 4 is 17.3 Å². The maximum absolute atomic E-state index is 12.4. The number of fused-ring (bicyclic) bond motifs is 3. The molecule has 3 saturated heterocycles. The van der Waals surface area contributed by atoms with Crippen LogP contribution < -0.4 is 15.8 Å². The molecule has 4 N–H and O–H groups in total. The van der Waals surface area contributed by atoms with Crippen molar-refractivity contribution < 1.29 is 22.7 Å². The SMILES string of the molecule is N=C(C(=O)N[C@H]1CN2CCC1CC2)c1cccc(OC(F)(F)F)c1N. The third kappa shape index (κ3) is 3.87. The average molecular weight is 356 g/mol. The number of halogens is 3. The second-order valence-corrected chi connectivity index (χ2v) is 6.36. The van der Waals surface area contributed by atoms with Crippen LogP contribution in [0.1, 0.15) is 18.4 Å². The number of nitrogens with two attached hydrogens (primary N) is 1. The highest BCUT2D eigenvalue weighted by Crippen LogP contribution is 2.31. The summed E-state index contributed by atoms with van der Waals surface area (Å²) >= 11 is 0. The minimum absolute atomic E-state index is 0.0498. The second kappa shape index (κ2) is 6.55. The molecule has 1 atom stereocenters. The Bertz CT molecular complexity index is 684. The van der Waals surface area contributed by atoms with Crippen molar-refractivity contribution in [2.75, 3.05) is 25.4 Å². The monoisotopic (exact) mass is 356 g/mol. The maximum atomic E-state index is 12.4. The molecule has 0 radical (unpaired) electrons. The highest BCUT2D eigenvalue weighted by atomic mass is 19.4. The molecule has 6 nitrogen and oxygen atoms in total. The quantitative estimate of drug-likeness (QED) is 0.566. The van der Waals surface area contributed by atoms with E-state index < -0.39 is 23.7 Å². The molecule has 3 fully saturated rings. The van der Waals surface area contributed by atoms with Gasteiger partial charge in [-0.1, -0.05) is 12.1 Å². The molecule has 0 spiro atoms. The third-order valence-electron chi connectivity index (χ3n) is 4.76. The van der Waals surface area contributed by atoms with Crippen molar-refractivity contribution in [3.05, 3.63) is 23.8 Å². The number of nitrogens with one attached hydrogen (secondary N) is 2. The van der Waals surface area contributed by atoms with Crippen LogP contribution in [0, 0.1) is 11.3 Å². The zero-order valence-electron chi connectivity index (χ0n) is 13.4. The summed E-state index contributed by atoms with van der Waals surface area (Å²) in [5.74, 6) is -0.890. The number of hydrogen-bond donors (Lipinski definition) is 3. The Morgan fingerprint density at radius 2 is 2.00 bits per heavy atom. The van der Waals surface area contributed by atoms with Crippen LogP contribution in [-0.2, 0) is 4.79 Å². The number of alkyl halides is 3. The number of rotatable bonds is 4. The molecule has 9 heteroatoms. The van der Waals surface area contributed by atoms with E-state index in [1.54, 1.807) is 0 Å². The Labute approximate surface area is 142 Å². The van der Waals surface area contributed by atoms with Crippen LogP contribution in [0.2, 0.25) is 0 Å². The Hall–Kier alpha value is -2.29. The lowest BCUT2D eigenvalue weighted by molar-refractivity contribution is -0.274. The van der Waals surface area contributed by atoms with Crippen LogP contribution in [0.3, 0.4) is 0 Å². The zero-order chi connectivity index (χ0) is 18.2. The molecule has 0 saturated carbocycles. The number of hydrogen-bond acceptors (Lipinski definition) is 5. The molecule has 0 unspecified atom stereocenters. The van der Waals surface area contributed by atoms with Crippen molar-refractivity contribution in [2.24, 2.45) is 5.92 Å². The Morgan fingerprint density at radius 1 is 1.32 bits per heavy atom. The first kappa shape index (κ1) is 17.5. The summed E-state index contributed by atoms with van der Waals surface area (Å²) in [6, 6.07) is 3.59. The van der Waals surface area contributed by atoms with Gasteiger partial charge in [-0.15, -0.1) is 13.2 Å². The van der Waals surface area contributed by atoms with Crippen molar-refractivity contribution in [3.8, 4) is 5.75 Å². The van der Waals surface area contributed by atoms with E-state index in [1.165, 1.54) is 12.1 Å². The van der Waals surface area contributed by atoms with Crippen molar-refractivity contribution in [3.63, 3.8) is 0 Å². The van der Waals surface area contributed by atoms with Gasteiger partial charge in [-0.2, -0.15) is 0 Å². The smallest absolute Gasteiger partial charge is 0.404 e. The molecule has 3 aliphatic rings. The Kier molecular flexibility index (Phi) is 4.59. The molecule has 25 heavy (non-hydrogen) atoms. The van der Waals surface area contributed by atoms with Crippen molar-refractivity contribution in [1.82, 2.24) is 10.2 Å². The summed E-state index contributed by atoms with van der Waals surface area (Å²) in [5.41, 5.74) is 4.73. The predicted octanol–water partition coefficient (Wildman–Crippen LogP) is 1.75. The van der Waals surface area contributed by atoms with Crippen LogP contribution in [0.5, 0.6) is 5.75 Å². The van der Waals surface area contributed by atoms with E-state index in [4.69, 9.17) is 11.1 Å². The highest BCUT2D eigenvalue weighted by Gasteiger charge is 2.36. The van der Waals surface area contributed by atoms with Crippen LogP contribution in [-0.4, -0.2) is 48.6 Å². The normalized spacial score (nSPS) is 25.5. The van der Waals surface area contributed by atoms with E-state index >= 15 is 0 Å². The molecule has 1 aromatic rings. The minimum atomic E-state index is -4.90. The van der Waals surface area contributed by atoms with E-state index in [0.717, 1.165) is 38.5 Å². The first-order valence-electron chi connectivity index (χ1n) is 8.01. The first-order valence-corrected chi connectivity index (χ1v) is 8.01. The number of ether oxygens (including phenoxy) is 1. The van der Waals surface area contributed by atoms with E-state index in [9.17, 15) is 18.0 Å². The number of anilines is 1. The largest absolute Gasteiger partial charge is 0.573 e. The van der Waals surface area contributed by atoms with Gasteiger partial charge in [0.25, 0.3) is 5.91 Å². The molecular formula is C16H19F3N4O2. The molecule has 0 aliphatic carbocycles. The number of piperidine rings is 3. The fourth-order valence-electron chi connectivity index (χ4n) is 3.47. The third-order valence-corrected chi connectivity index (χ3v) is 4.76. The van der Waals surface area contributed by atoms with Gasteiger partial charge < -0.3 is 20.7 Å².